The topological polar surface area (TPSA) is 66.8 Å². The maximum atomic E-state index is 9.51. The van der Waals surface area contributed by atoms with Crippen LogP contribution in [0.3, 0.4) is 0 Å². The van der Waals surface area contributed by atoms with Gasteiger partial charge in [0.1, 0.15) is 0 Å². The van der Waals surface area contributed by atoms with E-state index in [0.717, 1.165) is 0 Å². The average Bonchev–Trinajstić information content (AvgIpc) is 1.35. The summed E-state index contributed by atoms with van der Waals surface area (Å²) >= 11 is 0. The minimum absolute atomic E-state index is 0. The molecule has 0 aliphatic rings. The van der Waals surface area contributed by atoms with Gasteiger partial charge in [0.15, 0.2) is 27.8 Å². The molecule has 4 nitrogen and oxygen atoms in total. The van der Waals surface area contributed by atoms with Crippen molar-refractivity contribution in [2.24, 2.45) is 0 Å². The molecular formula is H8AlO4PSi. The molecule has 0 fully saturated rings. The van der Waals surface area contributed by atoms with Gasteiger partial charge >= 0.3 is 7.82 Å². The SMILES string of the molecule is O=P(O)(O)O[SiH3].[AlH3]. The Morgan fingerprint density at radius 3 is 1.71 bits per heavy atom. The molecule has 7 heavy (non-hydrogen) atoms. The zero-order valence-corrected chi connectivity index (χ0v) is 6.05. The van der Waals surface area contributed by atoms with Crippen molar-refractivity contribution in [1.82, 2.24) is 0 Å². The predicted molar refractivity (Wildman–Crippen MR) is 33.0 cm³/mol. The van der Waals surface area contributed by atoms with Crippen molar-refractivity contribution in [2.45, 2.75) is 0 Å². The Morgan fingerprint density at radius 2 is 1.71 bits per heavy atom. The van der Waals surface area contributed by atoms with Gasteiger partial charge in [0, 0.05) is 0 Å². The standard InChI is InChI=1S/Al.H5O4PSi.3H/c;1-5(2,3)4-6;;;/h;6H3,(H2,1,2,3);;;. The normalized spacial score (nSPS) is 10.6. The predicted octanol–water partition coefficient (Wildman–Crippen LogP) is -2.81. The third kappa shape index (κ3) is 10.9. The second-order valence-corrected chi connectivity index (χ2v) is 3.11. The van der Waals surface area contributed by atoms with Crippen LogP contribution in [-0.4, -0.2) is 37.6 Å². The number of phosphoric acid groups is 1. The van der Waals surface area contributed by atoms with Gasteiger partial charge in [-0.2, -0.15) is 0 Å². The molecule has 7 heteroatoms. The van der Waals surface area contributed by atoms with Gasteiger partial charge in [0.05, 0.1) is 0 Å². The molecule has 44 valence electrons. The zero-order chi connectivity index (χ0) is 5.21. The van der Waals surface area contributed by atoms with E-state index < -0.39 is 7.82 Å². The van der Waals surface area contributed by atoms with Gasteiger partial charge in [-0.1, -0.05) is 0 Å². The summed E-state index contributed by atoms with van der Waals surface area (Å²) in [6.07, 6.45) is 0. The largest absolute Gasteiger partial charge is 0.458 e. The molecule has 0 aromatic heterocycles. The summed E-state index contributed by atoms with van der Waals surface area (Å²) < 4.78 is 13.2. The van der Waals surface area contributed by atoms with Gasteiger partial charge in [-0.15, -0.1) is 0 Å². The van der Waals surface area contributed by atoms with Crippen molar-refractivity contribution in [3.05, 3.63) is 0 Å². The Labute approximate surface area is 54.8 Å². The lowest BCUT2D eigenvalue weighted by atomic mass is 15.7. The molecule has 0 rings (SSSR count). The fourth-order valence-corrected chi connectivity index (χ4v) is 0. The molecule has 0 aromatic carbocycles. The molecule has 0 aliphatic carbocycles. The van der Waals surface area contributed by atoms with E-state index in [-0.39, 0.29) is 27.8 Å². The molecule has 0 aromatic rings. The van der Waals surface area contributed by atoms with Crippen molar-refractivity contribution < 1.29 is 18.6 Å². The highest BCUT2D eigenvalue weighted by Crippen LogP contribution is 2.33. The summed E-state index contributed by atoms with van der Waals surface area (Å²) in [5.41, 5.74) is 0. The Kier molecular flexibility index (Phi) is 5.87. The van der Waals surface area contributed by atoms with Gasteiger partial charge in [-0.3, -0.25) is 0 Å². The fourth-order valence-electron chi connectivity index (χ4n) is 0. The van der Waals surface area contributed by atoms with Crippen LogP contribution in [-0.2, 0) is 8.78 Å². The van der Waals surface area contributed by atoms with Crippen molar-refractivity contribution in [2.75, 3.05) is 0 Å². The van der Waals surface area contributed by atoms with E-state index in [4.69, 9.17) is 9.79 Å². The highest BCUT2D eigenvalue weighted by atomic mass is 31.2. The Bertz CT molecular complexity index is 75.8. The maximum absolute atomic E-state index is 9.51. The first kappa shape index (κ1) is 10.8. The summed E-state index contributed by atoms with van der Waals surface area (Å²) in [6.45, 7) is 0. The molecule has 0 atom stereocenters. The van der Waals surface area contributed by atoms with Crippen LogP contribution in [0.1, 0.15) is 0 Å². The summed E-state index contributed by atoms with van der Waals surface area (Å²) in [4.78, 5) is 15.5. The van der Waals surface area contributed by atoms with E-state index in [2.05, 4.69) is 4.21 Å². The zero-order valence-electron chi connectivity index (χ0n) is 3.16. The van der Waals surface area contributed by atoms with E-state index in [0.29, 0.717) is 0 Å². The highest BCUT2D eigenvalue weighted by molar-refractivity contribution is 7.47. The monoisotopic (exact) mass is 158 g/mol. The second kappa shape index (κ2) is 3.81. The summed E-state index contributed by atoms with van der Waals surface area (Å²) in [5, 5.41) is 0. The van der Waals surface area contributed by atoms with Crippen molar-refractivity contribution in [3.63, 3.8) is 0 Å². The van der Waals surface area contributed by atoms with E-state index >= 15 is 0 Å². The molecule has 0 aliphatic heterocycles. The van der Waals surface area contributed by atoms with Gasteiger partial charge in [-0.05, 0) is 0 Å². The quantitative estimate of drug-likeness (QED) is 0.319. The van der Waals surface area contributed by atoms with Crippen molar-refractivity contribution >= 4 is 35.7 Å². The molecule has 2 N–H and O–H groups in total. The lowest BCUT2D eigenvalue weighted by Gasteiger charge is -1.94. The summed E-state index contributed by atoms with van der Waals surface area (Å²) in [6, 6.07) is 0. The first-order chi connectivity index (χ1) is 2.56. The van der Waals surface area contributed by atoms with E-state index in [1.54, 1.807) is 0 Å². The minimum atomic E-state index is -4.08. The average molecular weight is 158 g/mol. The summed E-state index contributed by atoms with van der Waals surface area (Å²) in [5.74, 6) is 0. The van der Waals surface area contributed by atoms with E-state index in [1.807, 2.05) is 0 Å². The van der Waals surface area contributed by atoms with Crippen LogP contribution in [0.5, 0.6) is 0 Å². The Balaban J connectivity index is 0. The van der Waals surface area contributed by atoms with Gasteiger partial charge in [-0.25, -0.2) is 4.57 Å². The van der Waals surface area contributed by atoms with E-state index in [9.17, 15) is 4.57 Å². The molecule has 0 saturated carbocycles. The van der Waals surface area contributed by atoms with Crippen LogP contribution in [0.15, 0.2) is 0 Å². The van der Waals surface area contributed by atoms with Crippen LogP contribution < -0.4 is 0 Å². The lowest BCUT2D eigenvalue weighted by molar-refractivity contribution is 0.292. The highest BCUT2D eigenvalue weighted by Gasteiger charge is 2.06. The molecule has 0 unspecified atom stereocenters. The number of hydrogen-bond donors (Lipinski definition) is 2. The third-order valence-electron chi connectivity index (χ3n) is 0.238. The van der Waals surface area contributed by atoms with Crippen LogP contribution in [0.25, 0.3) is 0 Å². The molecule has 0 heterocycles. The Morgan fingerprint density at radius 1 is 1.57 bits per heavy atom. The first-order valence-electron chi connectivity index (χ1n) is 1.17. The first-order valence-corrected chi connectivity index (χ1v) is 3.52. The smallest absolute Gasteiger partial charge is 0.342 e. The summed E-state index contributed by atoms with van der Waals surface area (Å²) in [7, 11) is -4.00. The minimum Gasteiger partial charge on any atom is -0.342 e. The molecular weight excluding hydrogens is 150 g/mol. The van der Waals surface area contributed by atoms with Crippen LogP contribution in [0.2, 0.25) is 0 Å². The fraction of sp³-hybridized carbons (Fsp3) is 0. The van der Waals surface area contributed by atoms with Crippen LogP contribution in [0, 0.1) is 0 Å². The van der Waals surface area contributed by atoms with Gasteiger partial charge < -0.3 is 14.0 Å². The molecule has 0 radical (unpaired) electrons. The van der Waals surface area contributed by atoms with Gasteiger partial charge in [0.2, 0.25) is 0 Å². The second-order valence-electron chi connectivity index (χ2n) is 0.673. The molecule has 0 amide bonds. The van der Waals surface area contributed by atoms with Crippen LogP contribution in [0.4, 0.5) is 0 Å². The molecule has 0 spiro atoms. The number of hydrogen-bond acceptors (Lipinski definition) is 2. The number of rotatable bonds is 1. The lowest BCUT2D eigenvalue weighted by Crippen LogP contribution is -1.78. The third-order valence-corrected chi connectivity index (χ3v) is 2.14. The van der Waals surface area contributed by atoms with Crippen LogP contribution >= 0.6 is 7.82 Å². The van der Waals surface area contributed by atoms with Crippen molar-refractivity contribution in [3.8, 4) is 0 Å². The van der Waals surface area contributed by atoms with Crippen molar-refractivity contribution in [1.29, 1.82) is 0 Å². The van der Waals surface area contributed by atoms with E-state index in [1.165, 1.54) is 0 Å². The van der Waals surface area contributed by atoms with Gasteiger partial charge in [0.25, 0.3) is 0 Å². The maximum Gasteiger partial charge on any atom is 0.458 e. The molecule has 0 bridgehead atoms. The Hall–Kier alpha value is 0.859. The molecule has 0 saturated heterocycles.